The highest BCUT2D eigenvalue weighted by molar-refractivity contribution is 14.0. The van der Waals surface area contributed by atoms with Crippen LogP contribution < -0.4 is 15.4 Å². The second-order valence-corrected chi connectivity index (χ2v) is 7.74. The third-order valence-corrected chi connectivity index (χ3v) is 5.16. The molecule has 178 valence electrons. The molecule has 0 saturated carbocycles. The Bertz CT molecular complexity index is 1080. The third-order valence-electron chi connectivity index (χ3n) is 5.16. The predicted octanol–water partition coefficient (Wildman–Crippen LogP) is 4.67. The van der Waals surface area contributed by atoms with Crippen LogP contribution in [0.5, 0.6) is 11.6 Å². The van der Waals surface area contributed by atoms with E-state index >= 15 is 0 Å². The van der Waals surface area contributed by atoms with Crippen molar-refractivity contribution in [3.05, 3.63) is 70.9 Å². The first-order chi connectivity index (χ1) is 15.4. The Kier molecular flexibility index (Phi) is 10.1. The van der Waals surface area contributed by atoms with Crippen LogP contribution in [0.3, 0.4) is 0 Å². The summed E-state index contributed by atoms with van der Waals surface area (Å²) in [6, 6.07) is 9.90. The van der Waals surface area contributed by atoms with E-state index in [0.29, 0.717) is 24.1 Å². The average Bonchev–Trinajstić information content (AvgIpc) is 2.99. The topological polar surface area (TPSA) is 76.4 Å². The molecule has 0 spiro atoms. The largest absolute Gasteiger partial charge is 0.439 e. The Labute approximate surface area is 211 Å². The molecule has 1 unspecified atom stereocenters. The number of benzene rings is 1. The number of aromatic nitrogens is 3. The molecule has 2 N–H and O–H groups in total. The number of pyridine rings is 1. The SMILES string of the molecule is CCNC(=NCc1cccnc1Oc1cccc(F)c1)NC(C)Cc1c(C)nn(C)c1C.I. The van der Waals surface area contributed by atoms with Gasteiger partial charge in [0.15, 0.2) is 5.96 Å². The van der Waals surface area contributed by atoms with Crippen LogP contribution in [0.1, 0.15) is 36.4 Å². The predicted molar refractivity (Wildman–Crippen MR) is 140 cm³/mol. The van der Waals surface area contributed by atoms with Crippen LogP contribution in [0.2, 0.25) is 0 Å². The Morgan fingerprint density at radius 2 is 2.03 bits per heavy atom. The second kappa shape index (κ2) is 12.5. The molecule has 3 rings (SSSR count). The number of ether oxygens (including phenoxy) is 1. The number of hydrogen-bond donors (Lipinski definition) is 2. The van der Waals surface area contributed by atoms with Gasteiger partial charge in [-0.05, 0) is 57.9 Å². The van der Waals surface area contributed by atoms with Crippen molar-refractivity contribution >= 4 is 29.9 Å². The molecule has 7 nitrogen and oxygen atoms in total. The van der Waals surface area contributed by atoms with Crippen molar-refractivity contribution in [1.29, 1.82) is 0 Å². The maximum atomic E-state index is 13.5. The molecule has 2 aromatic heterocycles. The van der Waals surface area contributed by atoms with Gasteiger partial charge >= 0.3 is 0 Å². The molecule has 0 amide bonds. The first-order valence-electron chi connectivity index (χ1n) is 10.8. The Balaban J connectivity index is 0.00000385. The van der Waals surface area contributed by atoms with E-state index in [2.05, 4.69) is 34.6 Å². The van der Waals surface area contributed by atoms with Gasteiger partial charge in [-0.1, -0.05) is 12.1 Å². The molecule has 1 aromatic carbocycles. The van der Waals surface area contributed by atoms with E-state index in [4.69, 9.17) is 9.73 Å². The molecule has 2 heterocycles. The second-order valence-electron chi connectivity index (χ2n) is 7.74. The van der Waals surface area contributed by atoms with Gasteiger partial charge in [-0.15, -0.1) is 24.0 Å². The first-order valence-corrected chi connectivity index (χ1v) is 10.8. The van der Waals surface area contributed by atoms with Crippen LogP contribution in [0.25, 0.3) is 0 Å². The average molecular weight is 566 g/mol. The van der Waals surface area contributed by atoms with E-state index in [9.17, 15) is 4.39 Å². The fourth-order valence-corrected chi connectivity index (χ4v) is 3.47. The molecule has 1 atom stereocenters. The molecule has 0 saturated heterocycles. The van der Waals surface area contributed by atoms with Crippen molar-refractivity contribution < 1.29 is 9.13 Å². The number of aryl methyl sites for hydroxylation is 2. The molecule has 0 aliphatic heterocycles. The number of aliphatic imine (C=N–C) groups is 1. The molecule has 0 aliphatic carbocycles. The zero-order chi connectivity index (χ0) is 23.1. The summed E-state index contributed by atoms with van der Waals surface area (Å²) in [6.45, 7) is 9.39. The van der Waals surface area contributed by atoms with Crippen LogP contribution in [0, 0.1) is 19.7 Å². The molecule has 9 heteroatoms. The molecular weight excluding hydrogens is 534 g/mol. The monoisotopic (exact) mass is 566 g/mol. The smallest absolute Gasteiger partial charge is 0.224 e. The minimum absolute atomic E-state index is 0. The molecule has 0 radical (unpaired) electrons. The Hall–Kier alpha value is -2.69. The zero-order valence-corrected chi connectivity index (χ0v) is 22.1. The quantitative estimate of drug-likeness (QED) is 0.236. The van der Waals surface area contributed by atoms with Crippen molar-refractivity contribution in [2.45, 2.75) is 46.7 Å². The lowest BCUT2D eigenvalue weighted by atomic mass is 10.1. The molecule has 0 aliphatic rings. The van der Waals surface area contributed by atoms with E-state index in [0.717, 1.165) is 24.2 Å². The standard InChI is InChI=1S/C24H31FN6O.HI/c1-6-26-24(29-16(2)13-22-17(3)30-31(5)18(22)4)28-15-19-9-8-12-27-23(19)32-21-11-7-10-20(25)14-21;/h7-12,14,16H,6,13,15H2,1-5H3,(H2,26,28,29);1H. The highest BCUT2D eigenvalue weighted by Gasteiger charge is 2.14. The van der Waals surface area contributed by atoms with Gasteiger partial charge in [-0.3, -0.25) is 4.68 Å². The third kappa shape index (κ3) is 7.41. The molecule has 3 aromatic rings. The maximum absolute atomic E-state index is 13.5. The van der Waals surface area contributed by atoms with Gasteiger partial charge in [0, 0.05) is 43.2 Å². The van der Waals surface area contributed by atoms with E-state index in [1.54, 1.807) is 18.3 Å². The fourth-order valence-electron chi connectivity index (χ4n) is 3.47. The summed E-state index contributed by atoms with van der Waals surface area (Å²) < 4.78 is 21.2. The summed E-state index contributed by atoms with van der Waals surface area (Å²) in [5, 5.41) is 11.3. The number of guanidine groups is 1. The van der Waals surface area contributed by atoms with Crippen LogP contribution in [-0.2, 0) is 20.0 Å². The van der Waals surface area contributed by atoms with Gasteiger partial charge in [0.2, 0.25) is 5.88 Å². The van der Waals surface area contributed by atoms with Gasteiger partial charge in [0.25, 0.3) is 0 Å². The van der Waals surface area contributed by atoms with Crippen LogP contribution >= 0.6 is 24.0 Å². The maximum Gasteiger partial charge on any atom is 0.224 e. The van der Waals surface area contributed by atoms with Crippen LogP contribution in [-0.4, -0.2) is 33.3 Å². The van der Waals surface area contributed by atoms with E-state index in [1.807, 2.05) is 37.7 Å². The lowest BCUT2D eigenvalue weighted by Crippen LogP contribution is -2.43. The zero-order valence-electron chi connectivity index (χ0n) is 19.7. The molecule has 33 heavy (non-hydrogen) atoms. The van der Waals surface area contributed by atoms with E-state index in [1.165, 1.54) is 23.4 Å². The molecule has 0 bridgehead atoms. The summed E-state index contributed by atoms with van der Waals surface area (Å²) in [5.74, 6) is 1.16. The van der Waals surface area contributed by atoms with Crippen molar-refractivity contribution in [1.82, 2.24) is 25.4 Å². The number of hydrogen-bond acceptors (Lipinski definition) is 4. The molecular formula is C24H32FIN6O. The number of halogens is 2. The van der Waals surface area contributed by atoms with Crippen molar-refractivity contribution in [2.75, 3.05) is 6.54 Å². The summed E-state index contributed by atoms with van der Waals surface area (Å²) in [5.41, 5.74) is 4.28. The number of nitrogens with one attached hydrogen (secondary N) is 2. The Morgan fingerprint density at radius 3 is 2.70 bits per heavy atom. The van der Waals surface area contributed by atoms with Crippen LogP contribution in [0.4, 0.5) is 4.39 Å². The van der Waals surface area contributed by atoms with Crippen molar-refractivity contribution in [2.24, 2.45) is 12.0 Å². The van der Waals surface area contributed by atoms with Gasteiger partial charge in [0.05, 0.1) is 12.2 Å². The Morgan fingerprint density at radius 1 is 1.24 bits per heavy atom. The number of rotatable bonds is 8. The normalized spacial score (nSPS) is 12.1. The highest BCUT2D eigenvalue weighted by Crippen LogP contribution is 2.24. The molecule has 0 fully saturated rings. The van der Waals surface area contributed by atoms with Crippen molar-refractivity contribution in [3.63, 3.8) is 0 Å². The first kappa shape index (κ1) is 26.6. The summed E-state index contributed by atoms with van der Waals surface area (Å²) in [6.07, 6.45) is 2.49. The summed E-state index contributed by atoms with van der Waals surface area (Å²) >= 11 is 0. The van der Waals surface area contributed by atoms with Crippen molar-refractivity contribution in [3.8, 4) is 11.6 Å². The van der Waals surface area contributed by atoms with Gasteiger partial charge in [-0.25, -0.2) is 14.4 Å². The summed E-state index contributed by atoms with van der Waals surface area (Å²) in [7, 11) is 1.97. The fraction of sp³-hybridized carbons (Fsp3) is 0.375. The van der Waals surface area contributed by atoms with Gasteiger partial charge in [0.1, 0.15) is 11.6 Å². The lowest BCUT2D eigenvalue weighted by Gasteiger charge is -2.18. The number of nitrogens with zero attached hydrogens (tertiary/aromatic N) is 4. The van der Waals surface area contributed by atoms with Crippen LogP contribution in [0.15, 0.2) is 47.6 Å². The van der Waals surface area contributed by atoms with E-state index in [-0.39, 0.29) is 35.8 Å². The minimum atomic E-state index is -0.357. The highest BCUT2D eigenvalue weighted by atomic mass is 127. The van der Waals surface area contributed by atoms with Gasteiger partial charge in [-0.2, -0.15) is 5.10 Å². The lowest BCUT2D eigenvalue weighted by molar-refractivity contribution is 0.452. The minimum Gasteiger partial charge on any atom is -0.439 e. The van der Waals surface area contributed by atoms with Gasteiger partial charge < -0.3 is 15.4 Å². The summed E-state index contributed by atoms with van der Waals surface area (Å²) in [4.78, 5) is 9.02. The van der Waals surface area contributed by atoms with E-state index < -0.39 is 0 Å².